The second kappa shape index (κ2) is 5.19. The number of furan rings is 1. The van der Waals surface area contributed by atoms with E-state index in [-0.39, 0.29) is 6.10 Å². The quantitative estimate of drug-likeness (QED) is 0.873. The van der Waals surface area contributed by atoms with Crippen molar-refractivity contribution in [1.82, 2.24) is 0 Å². The van der Waals surface area contributed by atoms with Gasteiger partial charge in [0.05, 0.1) is 6.10 Å². The summed E-state index contributed by atoms with van der Waals surface area (Å²) in [5.41, 5.74) is 2.40. The van der Waals surface area contributed by atoms with Crippen LogP contribution >= 0.6 is 0 Å². The minimum absolute atomic E-state index is 0.365. The van der Waals surface area contributed by atoms with Crippen molar-refractivity contribution in [3.8, 4) is 11.3 Å². The lowest BCUT2D eigenvalue weighted by molar-refractivity contribution is 0.187. The Balaban J connectivity index is 2.24. The van der Waals surface area contributed by atoms with Crippen LogP contribution in [0.3, 0.4) is 0 Å². The molecule has 1 aromatic heterocycles. The summed E-state index contributed by atoms with van der Waals surface area (Å²) in [6, 6.07) is 12.2. The number of hydrogen-bond donors (Lipinski definition) is 1. The molecule has 17 heavy (non-hydrogen) atoms. The number of aliphatic hydroxyl groups excluding tert-OH is 1. The summed E-state index contributed by atoms with van der Waals surface area (Å²) in [6.45, 7) is 3.90. The zero-order valence-electron chi connectivity index (χ0n) is 10.3. The number of rotatable bonds is 4. The molecule has 2 heteroatoms. The molecule has 2 nitrogen and oxygen atoms in total. The fourth-order valence-electron chi connectivity index (χ4n) is 1.88. The minimum Gasteiger partial charge on any atom is -0.461 e. The maximum atomic E-state index is 9.31. The van der Waals surface area contributed by atoms with Crippen LogP contribution in [0.5, 0.6) is 0 Å². The van der Waals surface area contributed by atoms with E-state index >= 15 is 0 Å². The first-order chi connectivity index (χ1) is 8.19. The second-order valence-electron chi connectivity index (χ2n) is 4.37. The highest BCUT2D eigenvalue weighted by Gasteiger charge is 2.07. The van der Waals surface area contributed by atoms with Crippen molar-refractivity contribution >= 4 is 0 Å². The highest BCUT2D eigenvalue weighted by atomic mass is 16.3. The van der Waals surface area contributed by atoms with Crippen molar-refractivity contribution < 1.29 is 9.52 Å². The summed E-state index contributed by atoms with van der Waals surface area (Å²) < 4.78 is 5.72. The third-order valence-electron chi connectivity index (χ3n) is 2.78. The van der Waals surface area contributed by atoms with Gasteiger partial charge in [-0.15, -0.1) is 0 Å². The van der Waals surface area contributed by atoms with Crippen LogP contribution in [0.1, 0.15) is 25.2 Å². The maximum Gasteiger partial charge on any atom is 0.134 e. The molecule has 0 aliphatic heterocycles. The molecule has 1 unspecified atom stereocenters. The first-order valence-corrected chi connectivity index (χ1v) is 6.05. The lowest BCUT2D eigenvalue weighted by Gasteiger charge is -2.02. The summed E-state index contributed by atoms with van der Waals surface area (Å²) in [4.78, 5) is 0. The van der Waals surface area contributed by atoms with Gasteiger partial charge in [-0.25, -0.2) is 0 Å². The summed E-state index contributed by atoms with van der Waals surface area (Å²) in [6.07, 6.45) is 1.22. The van der Waals surface area contributed by atoms with E-state index in [0.717, 1.165) is 23.5 Å². The fourth-order valence-corrected chi connectivity index (χ4v) is 1.88. The molecule has 90 valence electrons. The first kappa shape index (κ1) is 11.9. The van der Waals surface area contributed by atoms with Crippen LogP contribution in [-0.4, -0.2) is 11.2 Å². The van der Waals surface area contributed by atoms with Crippen LogP contribution in [-0.2, 0) is 12.8 Å². The smallest absolute Gasteiger partial charge is 0.134 e. The molecule has 2 aromatic rings. The van der Waals surface area contributed by atoms with Crippen LogP contribution < -0.4 is 0 Å². The molecule has 0 aliphatic rings. The molecule has 1 aromatic carbocycles. The van der Waals surface area contributed by atoms with E-state index in [1.54, 1.807) is 6.92 Å². The molecule has 1 atom stereocenters. The predicted octanol–water partition coefficient (Wildman–Crippen LogP) is 3.43. The van der Waals surface area contributed by atoms with Gasteiger partial charge in [-0.2, -0.15) is 0 Å². The van der Waals surface area contributed by atoms with Crippen molar-refractivity contribution in [3.05, 3.63) is 47.7 Å². The topological polar surface area (TPSA) is 33.4 Å². The van der Waals surface area contributed by atoms with Crippen LogP contribution in [0.2, 0.25) is 0 Å². The first-order valence-electron chi connectivity index (χ1n) is 6.05. The Hall–Kier alpha value is -1.54. The number of aryl methyl sites for hydroxylation is 1. The van der Waals surface area contributed by atoms with E-state index in [1.807, 2.05) is 24.3 Å². The van der Waals surface area contributed by atoms with E-state index in [4.69, 9.17) is 4.42 Å². The predicted molar refractivity (Wildman–Crippen MR) is 68.9 cm³/mol. The van der Waals surface area contributed by atoms with Gasteiger partial charge in [0.15, 0.2) is 0 Å². The van der Waals surface area contributed by atoms with Crippen molar-refractivity contribution in [1.29, 1.82) is 0 Å². The Morgan fingerprint density at radius 1 is 1.24 bits per heavy atom. The average Bonchev–Trinajstić information content (AvgIpc) is 2.77. The monoisotopic (exact) mass is 230 g/mol. The number of benzene rings is 1. The molecule has 0 aliphatic carbocycles. The van der Waals surface area contributed by atoms with E-state index in [0.29, 0.717) is 6.42 Å². The van der Waals surface area contributed by atoms with Crippen LogP contribution in [0.15, 0.2) is 40.8 Å². The zero-order chi connectivity index (χ0) is 12.3. The molecule has 0 fully saturated rings. The van der Waals surface area contributed by atoms with Crippen LogP contribution in [0.4, 0.5) is 0 Å². The van der Waals surface area contributed by atoms with Crippen LogP contribution in [0.25, 0.3) is 11.3 Å². The third kappa shape index (κ3) is 2.98. The van der Waals surface area contributed by atoms with E-state index < -0.39 is 0 Å². The fraction of sp³-hybridized carbons (Fsp3) is 0.333. The van der Waals surface area contributed by atoms with Gasteiger partial charge < -0.3 is 9.52 Å². The van der Waals surface area contributed by atoms with Crippen molar-refractivity contribution in [2.45, 2.75) is 32.8 Å². The Kier molecular flexibility index (Phi) is 3.64. The number of aliphatic hydroxyl groups is 1. The minimum atomic E-state index is -0.365. The van der Waals surface area contributed by atoms with E-state index in [2.05, 4.69) is 19.1 Å². The zero-order valence-corrected chi connectivity index (χ0v) is 10.3. The maximum absolute atomic E-state index is 9.31. The lowest BCUT2D eigenvalue weighted by atomic mass is 10.1. The average molecular weight is 230 g/mol. The standard InChI is InChI=1S/C15H18O2/c1-3-12-5-4-6-13(10-12)15-8-7-14(17-15)9-11(2)16/h4-8,10-11,16H,3,9H2,1-2H3. The van der Waals surface area contributed by atoms with Gasteiger partial charge in [0.1, 0.15) is 11.5 Å². The highest BCUT2D eigenvalue weighted by molar-refractivity contribution is 5.58. The summed E-state index contributed by atoms with van der Waals surface area (Å²) in [5, 5.41) is 9.31. The van der Waals surface area contributed by atoms with Crippen LogP contribution in [0, 0.1) is 0 Å². The molecular formula is C15H18O2. The van der Waals surface area contributed by atoms with Gasteiger partial charge in [0.2, 0.25) is 0 Å². The molecule has 0 saturated carbocycles. The van der Waals surface area contributed by atoms with Gasteiger partial charge in [0.25, 0.3) is 0 Å². The third-order valence-corrected chi connectivity index (χ3v) is 2.78. The lowest BCUT2D eigenvalue weighted by Crippen LogP contribution is -2.02. The van der Waals surface area contributed by atoms with Crippen molar-refractivity contribution in [2.24, 2.45) is 0 Å². The molecule has 2 rings (SSSR count). The normalized spacial score (nSPS) is 12.6. The van der Waals surface area contributed by atoms with Gasteiger partial charge in [-0.1, -0.05) is 25.1 Å². The summed E-state index contributed by atoms with van der Waals surface area (Å²) >= 11 is 0. The van der Waals surface area contributed by atoms with Gasteiger partial charge >= 0.3 is 0 Å². The second-order valence-corrected chi connectivity index (χ2v) is 4.37. The molecule has 0 bridgehead atoms. The largest absolute Gasteiger partial charge is 0.461 e. The Morgan fingerprint density at radius 2 is 2.06 bits per heavy atom. The van der Waals surface area contributed by atoms with Gasteiger partial charge in [0, 0.05) is 12.0 Å². The summed E-state index contributed by atoms with van der Waals surface area (Å²) in [7, 11) is 0. The molecule has 0 amide bonds. The Morgan fingerprint density at radius 3 is 2.76 bits per heavy atom. The highest BCUT2D eigenvalue weighted by Crippen LogP contribution is 2.23. The molecule has 1 heterocycles. The number of hydrogen-bond acceptors (Lipinski definition) is 2. The molecule has 0 saturated heterocycles. The Bertz CT molecular complexity index is 483. The summed E-state index contributed by atoms with van der Waals surface area (Å²) in [5.74, 6) is 1.70. The molecule has 0 spiro atoms. The van der Waals surface area contributed by atoms with Gasteiger partial charge in [-0.3, -0.25) is 0 Å². The molecular weight excluding hydrogens is 212 g/mol. The Labute approximate surface area is 102 Å². The van der Waals surface area contributed by atoms with Crippen molar-refractivity contribution in [2.75, 3.05) is 0 Å². The SMILES string of the molecule is CCc1cccc(-c2ccc(CC(C)O)o2)c1. The molecule has 0 radical (unpaired) electrons. The van der Waals surface area contributed by atoms with Gasteiger partial charge in [-0.05, 0) is 37.1 Å². The van der Waals surface area contributed by atoms with E-state index in [9.17, 15) is 5.11 Å². The molecule has 1 N–H and O–H groups in total. The van der Waals surface area contributed by atoms with E-state index in [1.165, 1.54) is 5.56 Å². The van der Waals surface area contributed by atoms with Crippen molar-refractivity contribution in [3.63, 3.8) is 0 Å².